The maximum atomic E-state index is 12.3. The summed E-state index contributed by atoms with van der Waals surface area (Å²) in [7, 11) is 0. The molecule has 1 fully saturated rings. The molecular formula is C14H14ClNO4. The molecule has 0 spiro atoms. The normalized spacial score (nSPS) is 17.2. The minimum absolute atomic E-state index is 0.235. The molecule has 5 nitrogen and oxygen atoms in total. The fraction of sp³-hybridized carbons (Fsp3) is 0.357. The van der Waals surface area contributed by atoms with Crippen molar-refractivity contribution in [2.75, 3.05) is 0 Å². The van der Waals surface area contributed by atoms with Crippen molar-refractivity contribution >= 4 is 29.4 Å². The first-order valence-electron chi connectivity index (χ1n) is 6.33. The molecule has 2 rings (SSSR count). The molecule has 0 N–H and O–H groups in total. The molecule has 1 aromatic rings. The molecule has 0 saturated carbocycles. The molecule has 1 aliphatic heterocycles. The quantitative estimate of drug-likeness (QED) is 0.635. The zero-order valence-corrected chi connectivity index (χ0v) is 11.9. The van der Waals surface area contributed by atoms with E-state index in [2.05, 4.69) is 0 Å². The average Bonchev–Trinajstić information content (AvgIpc) is 2.71. The molecule has 1 aromatic carbocycles. The number of halogens is 1. The van der Waals surface area contributed by atoms with E-state index in [9.17, 15) is 14.4 Å². The lowest BCUT2D eigenvalue weighted by atomic mass is 9.82. The van der Waals surface area contributed by atoms with E-state index in [0.717, 1.165) is 0 Å². The summed E-state index contributed by atoms with van der Waals surface area (Å²) < 4.78 is 0. The third-order valence-corrected chi connectivity index (χ3v) is 3.89. The van der Waals surface area contributed by atoms with Gasteiger partial charge in [0.15, 0.2) is 5.41 Å². The predicted molar refractivity (Wildman–Crippen MR) is 71.7 cm³/mol. The van der Waals surface area contributed by atoms with Crippen LogP contribution >= 0.6 is 11.6 Å². The van der Waals surface area contributed by atoms with E-state index in [1.165, 1.54) is 24.3 Å². The van der Waals surface area contributed by atoms with Gasteiger partial charge in [-0.2, -0.15) is 0 Å². The van der Waals surface area contributed by atoms with Gasteiger partial charge in [-0.05, 0) is 37.1 Å². The van der Waals surface area contributed by atoms with Crippen LogP contribution in [0.4, 0.5) is 0 Å². The van der Waals surface area contributed by atoms with Crippen molar-refractivity contribution in [1.29, 1.82) is 0 Å². The Labute approximate surface area is 121 Å². The van der Waals surface area contributed by atoms with E-state index in [-0.39, 0.29) is 5.56 Å². The van der Waals surface area contributed by atoms with Crippen LogP contribution in [0.2, 0.25) is 5.02 Å². The predicted octanol–water partition coefficient (Wildman–Crippen LogP) is 2.59. The molecule has 0 bridgehead atoms. The minimum atomic E-state index is -1.25. The Morgan fingerprint density at radius 2 is 1.75 bits per heavy atom. The Balaban J connectivity index is 2.31. The van der Waals surface area contributed by atoms with Gasteiger partial charge >= 0.3 is 5.97 Å². The summed E-state index contributed by atoms with van der Waals surface area (Å²) in [6.45, 7) is 3.44. The highest BCUT2D eigenvalue weighted by Crippen LogP contribution is 2.37. The van der Waals surface area contributed by atoms with Crippen molar-refractivity contribution in [3.8, 4) is 0 Å². The van der Waals surface area contributed by atoms with Crippen molar-refractivity contribution in [1.82, 2.24) is 5.06 Å². The van der Waals surface area contributed by atoms with Crippen LogP contribution in [0.25, 0.3) is 0 Å². The van der Waals surface area contributed by atoms with E-state index in [0.29, 0.717) is 22.9 Å². The van der Waals surface area contributed by atoms with Gasteiger partial charge in [0.05, 0.1) is 0 Å². The Bertz CT molecular complexity index is 563. The fourth-order valence-electron chi connectivity index (χ4n) is 2.18. The maximum Gasteiger partial charge on any atom is 0.348 e. The first-order valence-corrected chi connectivity index (χ1v) is 6.71. The molecule has 0 aliphatic carbocycles. The van der Waals surface area contributed by atoms with Gasteiger partial charge in [0.25, 0.3) is 11.8 Å². The summed E-state index contributed by atoms with van der Waals surface area (Å²) >= 11 is 5.74. The van der Waals surface area contributed by atoms with Gasteiger partial charge in [0.1, 0.15) is 0 Å². The largest absolute Gasteiger partial charge is 0.348 e. The highest BCUT2D eigenvalue weighted by Gasteiger charge is 2.56. The number of hydrogen-bond donors (Lipinski definition) is 0. The van der Waals surface area contributed by atoms with E-state index in [1.54, 1.807) is 13.8 Å². The molecule has 0 unspecified atom stereocenters. The van der Waals surface area contributed by atoms with Gasteiger partial charge in [0, 0.05) is 10.6 Å². The van der Waals surface area contributed by atoms with Crippen molar-refractivity contribution in [3.05, 3.63) is 34.9 Å². The lowest BCUT2D eigenvalue weighted by Crippen LogP contribution is -2.38. The van der Waals surface area contributed by atoms with Gasteiger partial charge in [-0.1, -0.05) is 30.5 Å². The highest BCUT2D eigenvalue weighted by atomic mass is 35.5. The minimum Gasteiger partial charge on any atom is -0.329 e. The van der Waals surface area contributed by atoms with Gasteiger partial charge in [-0.25, -0.2) is 4.79 Å². The number of imide groups is 1. The van der Waals surface area contributed by atoms with Crippen LogP contribution in [-0.2, 0) is 14.4 Å². The second kappa shape index (κ2) is 5.25. The molecular weight excluding hydrogens is 282 g/mol. The van der Waals surface area contributed by atoms with Gasteiger partial charge < -0.3 is 4.84 Å². The first kappa shape index (κ1) is 14.5. The first-order chi connectivity index (χ1) is 9.46. The van der Waals surface area contributed by atoms with E-state index in [1.807, 2.05) is 0 Å². The molecule has 20 heavy (non-hydrogen) atoms. The standard InChI is InChI=1S/C14H14ClNO4/c1-3-14(4-2)12(18)16(20-13(14)19)11(17)9-5-7-10(15)8-6-9/h5-8H,3-4H2,1-2H3. The molecule has 6 heteroatoms. The molecule has 2 amide bonds. The number of carbonyl (C=O) groups excluding carboxylic acids is 3. The summed E-state index contributed by atoms with van der Waals surface area (Å²) in [6.07, 6.45) is 0.594. The van der Waals surface area contributed by atoms with Crippen LogP contribution in [-0.4, -0.2) is 22.8 Å². The fourth-order valence-corrected chi connectivity index (χ4v) is 2.30. The zero-order valence-electron chi connectivity index (χ0n) is 11.2. The smallest absolute Gasteiger partial charge is 0.329 e. The van der Waals surface area contributed by atoms with Crippen molar-refractivity contribution in [2.24, 2.45) is 5.41 Å². The van der Waals surface area contributed by atoms with Crippen LogP contribution in [0.3, 0.4) is 0 Å². The average molecular weight is 296 g/mol. The number of benzene rings is 1. The van der Waals surface area contributed by atoms with Gasteiger partial charge in [0.2, 0.25) is 0 Å². The topological polar surface area (TPSA) is 63.7 Å². The maximum absolute atomic E-state index is 12.3. The summed E-state index contributed by atoms with van der Waals surface area (Å²) in [6, 6.07) is 6.02. The summed E-state index contributed by atoms with van der Waals surface area (Å²) in [5.74, 6) is -1.94. The molecule has 106 valence electrons. The van der Waals surface area contributed by atoms with Crippen LogP contribution < -0.4 is 0 Å². The molecule has 0 atom stereocenters. The number of hydroxylamine groups is 2. The SMILES string of the molecule is CCC1(CC)C(=O)ON(C(=O)c2ccc(Cl)cc2)C1=O. The molecule has 1 heterocycles. The zero-order chi connectivity index (χ0) is 14.9. The lowest BCUT2D eigenvalue weighted by molar-refractivity contribution is -0.168. The van der Waals surface area contributed by atoms with Crippen LogP contribution in [0.1, 0.15) is 37.0 Å². The van der Waals surface area contributed by atoms with Gasteiger partial charge in [-0.3, -0.25) is 9.59 Å². The second-order valence-corrected chi connectivity index (χ2v) is 5.02. The second-order valence-electron chi connectivity index (χ2n) is 4.58. The molecule has 1 saturated heterocycles. The van der Waals surface area contributed by atoms with E-state index >= 15 is 0 Å². The van der Waals surface area contributed by atoms with Crippen molar-refractivity contribution in [3.63, 3.8) is 0 Å². The van der Waals surface area contributed by atoms with E-state index < -0.39 is 23.2 Å². The summed E-state index contributed by atoms with van der Waals surface area (Å²) in [4.78, 5) is 41.3. The van der Waals surface area contributed by atoms with Crippen molar-refractivity contribution < 1.29 is 19.2 Å². The summed E-state index contributed by atoms with van der Waals surface area (Å²) in [5, 5.41) is 1.03. The number of hydrogen-bond acceptors (Lipinski definition) is 4. The third kappa shape index (κ3) is 2.08. The van der Waals surface area contributed by atoms with Crippen molar-refractivity contribution in [2.45, 2.75) is 26.7 Å². The van der Waals surface area contributed by atoms with Crippen LogP contribution in [0, 0.1) is 5.41 Å². The van der Waals surface area contributed by atoms with Crippen LogP contribution in [0.5, 0.6) is 0 Å². The number of carbonyl (C=O) groups is 3. The third-order valence-electron chi connectivity index (χ3n) is 3.64. The highest BCUT2D eigenvalue weighted by molar-refractivity contribution is 6.30. The number of rotatable bonds is 3. The van der Waals surface area contributed by atoms with Crippen LogP contribution in [0.15, 0.2) is 24.3 Å². The molecule has 0 radical (unpaired) electrons. The number of nitrogens with zero attached hydrogens (tertiary/aromatic N) is 1. The van der Waals surface area contributed by atoms with Gasteiger partial charge in [-0.15, -0.1) is 0 Å². The lowest BCUT2D eigenvalue weighted by Gasteiger charge is -2.17. The Kier molecular flexibility index (Phi) is 3.81. The molecule has 1 aliphatic rings. The summed E-state index contributed by atoms with van der Waals surface area (Å²) in [5.41, 5.74) is -1.01. The Morgan fingerprint density at radius 1 is 1.20 bits per heavy atom. The van der Waals surface area contributed by atoms with E-state index in [4.69, 9.17) is 16.4 Å². The molecule has 0 aromatic heterocycles. The monoisotopic (exact) mass is 295 g/mol. The Hall–Kier alpha value is -1.88. The number of amides is 2. The Morgan fingerprint density at radius 3 is 2.20 bits per heavy atom.